The zero-order chi connectivity index (χ0) is 23.0. The number of nitrogens with zero attached hydrogens (tertiary/aromatic N) is 2. The first-order valence-electron chi connectivity index (χ1n) is 8.54. The van der Waals surface area contributed by atoms with Crippen molar-refractivity contribution >= 4 is 34.2 Å². The lowest BCUT2D eigenvalue weighted by molar-refractivity contribution is -0.384. The van der Waals surface area contributed by atoms with Gasteiger partial charge in [0.15, 0.2) is 23.2 Å². The zero-order valence-electron chi connectivity index (χ0n) is 15.9. The second-order valence-corrected chi connectivity index (χ2v) is 6.46. The number of halogens is 4. The molecule has 3 aromatic rings. The summed E-state index contributed by atoms with van der Waals surface area (Å²) in [6.45, 7) is 1.36. The van der Waals surface area contributed by atoms with Crippen molar-refractivity contribution in [2.75, 3.05) is 13.7 Å². The van der Waals surface area contributed by atoms with Crippen molar-refractivity contribution in [3.63, 3.8) is 0 Å². The van der Waals surface area contributed by atoms with Crippen LogP contribution in [-0.4, -0.2) is 29.2 Å². The molecule has 0 N–H and O–H groups in total. The van der Waals surface area contributed by atoms with E-state index in [1.807, 2.05) is 0 Å². The maximum absolute atomic E-state index is 14.2. The van der Waals surface area contributed by atoms with Crippen LogP contribution in [0.25, 0.3) is 16.6 Å². The molecule has 1 aromatic heterocycles. The highest BCUT2D eigenvalue weighted by Crippen LogP contribution is 2.35. The van der Waals surface area contributed by atoms with E-state index in [4.69, 9.17) is 21.1 Å². The lowest BCUT2D eigenvalue weighted by Crippen LogP contribution is -2.21. The van der Waals surface area contributed by atoms with Crippen LogP contribution in [0.3, 0.4) is 0 Å². The summed E-state index contributed by atoms with van der Waals surface area (Å²) in [4.78, 5) is 35.6. The Morgan fingerprint density at radius 3 is 2.48 bits per heavy atom. The molecular formula is C19H12ClF3N2O6. The Morgan fingerprint density at radius 2 is 1.90 bits per heavy atom. The fourth-order valence-corrected chi connectivity index (χ4v) is 3.25. The van der Waals surface area contributed by atoms with Crippen LogP contribution in [-0.2, 0) is 4.74 Å². The minimum Gasteiger partial charge on any atom is -0.494 e. The maximum Gasteiger partial charge on any atom is 0.343 e. The number of pyridine rings is 1. The Labute approximate surface area is 176 Å². The van der Waals surface area contributed by atoms with E-state index in [-0.39, 0.29) is 6.61 Å². The molecule has 0 saturated heterocycles. The van der Waals surface area contributed by atoms with Gasteiger partial charge in [-0.2, -0.15) is 0 Å². The van der Waals surface area contributed by atoms with Crippen molar-refractivity contribution in [3.8, 4) is 11.4 Å². The van der Waals surface area contributed by atoms with Crippen LogP contribution in [0.5, 0.6) is 5.75 Å². The lowest BCUT2D eigenvalue weighted by Gasteiger charge is -2.16. The second-order valence-electron chi connectivity index (χ2n) is 6.08. The second kappa shape index (κ2) is 8.26. The monoisotopic (exact) mass is 456 g/mol. The number of hydrogen-bond donors (Lipinski definition) is 0. The summed E-state index contributed by atoms with van der Waals surface area (Å²) < 4.78 is 52.7. The number of carbonyl (C=O) groups is 1. The Bertz CT molecular complexity index is 1310. The number of benzene rings is 2. The molecule has 0 unspecified atom stereocenters. The number of rotatable bonds is 5. The number of nitro groups is 1. The molecule has 8 nitrogen and oxygen atoms in total. The minimum absolute atomic E-state index is 0.112. The molecule has 0 spiro atoms. The molecule has 0 aliphatic carbocycles. The van der Waals surface area contributed by atoms with Gasteiger partial charge in [-0.15, -0.1) is 0 Å². The average molecular weight is 457 g/mol. The predicted octanol–water partition coefficient (Wildman–Crippen LogP) is 4.15. The van der Waals surface area contributed by atoms with Crippen molar-refractivity contribution in [3.05, 3.63) is 72.8 Å². The van der Waals surface area contributed by atoms with E-state index in [0.29, 0.717) is 12.1 Å². The molecule has 1 heterocycles. The molecule has 0 amide bonds. The number of carbonyl (C=O) groups excluding carboxylic acids is 1. The van der Waals surface area contributed by atoms with Crippen LogP contribution in [0, 0.1) is 27.6 Å². The van der Waals surface area contributed by atoms with E-state index in [9.17, 15) is 32.9 Å². The standard InChI is InChI=1S/C19H12ClF3N2O6/c1-3-31-19(27)9-7-24(12-6-14(30-2)10(21)5-13(12)25(28)29)17-8(18(9)26)4-11(22)16(23)15(17)20/h4-7H,3H2,1-2H3. The summed E-state index contributed by atoms with van der Waals surface area (Å²) in [5, 5.41) is 10.1. The summed E-state index contributed by atoms with van der Waals surface area (Å²) in [7, 11) is 1.10. The normalized spacial score (nSPS) is 10.9. The SMILES string of the molecule is CCOC(=O)c1cn(-c2cc(OC)c(F)cc2[N+](=O)[O-])c2c(Cl)c(F)c(F)cc2c1=O. The first-order valence-corrected chi connectivity index (χ1v) is 8.92. The highest BCUT2D eigenvalue weighted by molar-refractivity contribution is 6.35. The number of methoxy groups -OCH3 is 1. The van der Waals surface area contributed by atoms with Crippen molar-refractivity contribution < 1.29 is 32.4 Å². The van der Waals surface area contributed by atoms with Crippen molar-refractivity contribution in [1.82, 2.24) is 4.57 Å². The molecule has 162 valence electrons. The summed E-state index contributed by atoms with van der Waals surface area (Å²) in [6, 6.07) is 1.94. The van der Waals surface area contributed by atoms with Gasteiger partial charge in [-0.3, -0.25) is 14.9 Å². The molecule has 0 radical (unpaired) electrons. The maximum atomic E-state index is 14.2. The first-order chi connectivity index (χ1) is 14.6. The summed E-state index contributed by atoms with van der Waals surface area (Å²) in [6.07, 6.45) is 0.825. The molecule has 31 heavy (non-hydrogen) atoms. The van der Waals surface area contributed by atoms with Crippen LogP contribution in [0.15, 0.2) is 29.2 Å². The Morgan fingerprint density at radius 1 is 1.23 bits per heavy atom. The van der Waals surface area contributed by atoms with Crippen molar-refractivity contribution in [2.24, 2.45) is 0 Å². The smallest absolute Gasteiger partial charge is 0.343 e. The van der Waals surface area contributed by atoms with Crippen LogP contribution in [0.2, 0.25) is 5.02 Å². The van der Waals surface area contributed by atoms with Crippen LogP contribution in [0.1, 0.15) is 17.3 Å². The highest BCUT2D eigenvalue weighted by Gasteiger charge is 2.27. The molecule has 0 aliphatic heterocycles. The van der Waals surface area contributed by atoms with Gasteiger partial charge in [0.2, 0.25) is 5.43 Å². The third-order valence-corrected chi connectivity index (χ3v) is 4.67. The number of aromatic nitrogens is 1. The Kier molecular flexibility index (Phi) is 5.89. The van der Waals surface area contributed by atoms with Crippen LogP contribution in [0.4, 0.5) is 18.9 Å². The number of hydrogen-bond acceptors (Lipinski definition) is 6. The van der Waals surface area contributed by atoms with Gasteiger partial charge >= 0.3 is 5.97 Å². The van der Waals surface area contributed by atoms with Gasteiger partial charge in [0, 0.05) is 12.3 Å². The van der Waals surface area contributed by atoms with E-state index in [1.165, 1.54) is 6.92 Å². The number of nitro benzene ring substituents is 1. The molecular weight excluding hydrogens is 445 g/mol. The van der Waals surface area contributed by atoms with E-state index in [0.717, 1.165) is 23.9 Å². The van der Waals surface area contributed by atoms with Crippen LogP contribution < -0.4 is 10.2 Å². The molecule has 0 atom stereocenters. The van der Waals surface area contributed by atoms with Gasteiger partial charge in [0.25, 0.3) is 5.69 Å². The largest absolute Gasteiger partial charge is 0.494 e. The first kappa shape index (κ1) is 22.1. The summed E-state index contributed by atoms with van der Waals surface area (Å²) in [5.41, 5.74) is -3.39. The van der Waals surface area contributed by atoms with Crippen LogP contribution >= 0.6 is 11.6 Å². The summed E-state index contributed by atoms with van der Waals surface area (Å²) in [5.74, 6) is -5.61. The topological polar surface area (TPSA) is 101 Å². The van der Waals surface area contributed by atoms with E-state index < -0.39 is 72.4 Å². The third-order valence-electron chi connectivity index (χ3n) is 4.33. The summed E-state index contributed by atoms with van der Waals surface area (Å²) >= 11 is 5.92. The fourth-order valence-electron chi connectivity index (χ4n) is 2.96. The molecule has 0 fully saturated rings. The van der Waals surface area contributed by atoms with Gasteiger partial charge in [-0.05, 0) is 13.0 Å². The highest BCUT2D eigenvalue weighted by atomic mass is 35.5. The van der Waals surface area contributed by atoms with E-state index >= 15 is 0 Å². The van der Waals surface area contributed by atoms with Gasteiger partial charge < -0.3 is 14.0 Å². The molecule has 0 bridgehead atoms. The fraction of sp³-hybridized carbons (Fsp3) is 0.158. The van der Waals surface area contributed by atoms with Crippen molar-refractivity contribution in [1.29, 1.82) is 0 Å². The number of fused-ring (bicyclic) bond motifs is 1. The predicted molar refractivity (Wildman–Crippen MR) is 104 cm³/mol. The number of esters is 1. The zero-order valence-corrected chi connectivity index (χ0v) is 16.6. The van der Waals surface area contributed by atoms with E-state index in [2.05, 4.69) is 0 Å². The molecule has 0 aliphatic rings. The van der Waals surface area contributed by atoms with E-state index in [1.54, 1.807) is 0 Å². The quantitative estimate of drug-likeness (QED) is 0.247. The minimum atomic E-state index is -1.53. The Hall–Kier alpha value is -3.60. The Balaban J connectivity index is 2.58. The van der Waals surface area contributed by atoms with Gasteiger partial charge in [-0.25, -0.2) is 18.0 Å². The third kappa shape index (κ3) is 3.67. The van der Waals surface area contributed by atoms with Gasteiger partial charge in [0.1, 0.15) is 16.3 Å². The van der Waals surface area contributed by atoms with Gasteiger partial charge in [-0.1, -0.05) is 11.6 Å². The number of ether oxygens (including phenoxy) is 2. The lowest BCUT2D eigenvalue weighted by atomic mass is 10.1. The molecule has 0 saturated carbocycles. The molecule has 2 aromatic carbocycles. The molecule has 3 rings (SSSR count). The van der Waals surface area contributed by atoms with Gasteiger partial charge in [0.05, 0.1) is 35.6 Å². The average Bonchev–Trinajstić information content (AvgIpc) is 2.72. The molecule has 12 heteroatoms. The van der Waals surface area contributed by atoms with Crippen molar-refractivity contribution in [2.45, 2.75) is 6.92 Å².